The standard InChI is InChI=1S/C17H16F3N3O4/c18-17(19,20)15-13(16(25)26)7-21-23(15)12-3-1-2-11(6-12)22-14(24)9-27-8-10-4-5-10/h1-3,6-7,10H,4-5,8-9H2,(H,22,24)(H,25,26). The van der Waals surface area contributed by atoms with Gasteiger partial charge in [-0.1, -0.05) is 6.07 Å². The minimum absolute atomic E-state index is 0.0356. The molecule has 0 saturated heterocycles. The van der Waals surface area contributed by atoms with Gasteiger partial charge in [-0.05, 0) is 37.0 Å². The number of rotatable bonds is 7. The minimum atomic E-state index is -4.92. The van der Waals surface area contributed by atoms with Gasteiger partial charge in [-0.3, -0.25) is 4.79 Å². The van der Waals surface area contributed by atoms with Crippen LogP contribution in [0.4, 0.5) is 18.9 Å². The molecule has 2 aromatic rings. The number of nitrogens with zero attached hydrogens (tertiary/aromatic N) is 2. The summed E-state index contributed by atoms with van der Waals surface area (Å²) in [6.45, 7) is 0.354. The van der Waals surface area contributed by atoms with E-state index in [1.165, 1.54) is 24.3 Å². The van der Waals surface area contributed by atoms with Crippen LogP contribution in [0.3, 0.4) is 0 Å². The Kier molecular flexibility index (Phi) is 5.17. The highest BCUT2D eigenvalue weighted by molar-refractivity contribution is 5.92. The molecule has 144 valence electrons. The molecule has 1 amide bonds. The number of carbonyl (C=O) groups is 2. The average molecular weight is 383 g/mol. The molecule has 0 atom stereocenters. The van der Waals surface area contributed by atoms with Crippen LogP contribution in [-0.2, 0) is 15.7 Å². The Morgan fingerprint density at radius 1 is 1.33 bits per heavy atom. The van der Waals surface area contributed by atoms with Gasteiger partial charge in [-0.25, -0.2) is 9.48 Å². The maximum absolute atomic E-state index is 13.3. The lowest BCUT2D eigenvalue weighted by Gasteiger charge is -2.13. The number of aromatic nitrogens is 2. The first kappa shape index (κ1) is 18.9. The van der Waals surface area contributed by atoms with Crippen molar-refractivity contribution in [2.75, 3.05) is 18.5 Å². The second-order valence-corrected chi connectivity index (χ2v) is 6.18. The molecule has 27 heavy (non-hydrogen) atoms. The second-order valence-electron chi connectivity index (χ2n) is 6.18. The van der Waals surface area contributed by atoms with Crippen molar-refractivity contribution in [3.8, 4) is 5.69 Å². The van der Waals surface area contributed by atoms with Crippen molar-refractivity contribution in [3.05, 3.63) is 41.7 Å². The molecule has 0 unspecified atom stereocenters. The summed E-state index contributed by atoms with van der Waals surface area (Å²) in [6, 6.07) is 5.52. The lowest BCUT2D eigenvalue weighted by Crippen LogP contribution is -2.19. The number of aromatic carboxylic acids is 1. The van der Waals surface area contributed by atoms with E-state index in [-0.39, 0.29) is 18.0 Å². The van der Waals surface area contributed by atoms with Gasteiger partial charge in [0.2, 0.25) is 5.91 Å². The van der Waals surface area contributed by atoms with E-state index in [9.17, 15) is 22.8 Å². The van der Waals surface area contributed by atoms with Gasteiger partial charge in [-0.15, -0.1) is 0 Å². The van der Waals surface area contributed by atoms with Crippen LogP contribution in [0.1, 0.15) is 28.9 Å². The number of carbonyl (C=O) groups excluding carboxylic acids is 1. The largest absolute Gasteiger partial charge is 0.478 e. The number of amides is 1. The molecular weight excluding hydrogens is 367 g/mol. The van der Waals surface area contributed by atoms with E-state index in [1.54, 1.807) is 0 Å². The van der Waals surface area contributed by atoms with Gasteiger partial charge in [0.05, 0.1) is 18.5 Å². The van der Waals surface area contributed by atoms with Gasteiger partial charge in [0.1, 0.15) is 12.2 Å². The number of benzene rings is 1. The zero-order chi connectivity index (χ0) is 19.6. The quantitative estimate of drug-likeness (QED) is 0.767. The van der Waals surface area contributed by atoms with Crippen LogP contribution < -0.4 is 5.32 Å². The molecule has 7 nitrogen and oxygen atoms in total. The van der Waals surface area contributed by atoms with E-state index in [4.69, 9.17) is 9.84 Å². The number of carboxylic acids is 1. The Balaban J connectivity index is 1.79. The molecule has 0 spiro atoms. The third-order valence-electron chi connectivity index (χ3n) is 3.93. The van der Waals surface area contributed by atoms with E-state index in [1.807, 2.05) is 0 Å². The topological polar surface area (TPSA) is 93.5 Å². The fourth-order valence-electron chi connectivity index (χ4n) is 2.49. The van der Waals surface area contributed by atoms with Crippen molar-refractivity contribution in [2.45, 2.75) is 19.0 Å². The van der Waals surface area contributed by atoms with Crippen molar-refractivity contribution >= 4 is 17.6 Å². The summed E-state index contributed by atoms with van der Waals surface area (Å²) < 4.78 is 45.6. The lowest BCUT2D eigenvalue weighted by molar-refractivity contribution is -0.143. The molecule has 1 heterocycles. The molecule has 2 N–H and O–H groups in total. The maximum atomic E-state index is 13.3. The molecule has 0 bridgehead atoms. The van der Waals surface area contributed by atoms with E-state index in [0.717, 1.165) is 12.8 Å². The predicted octanol–water partition coefficient (Wildman–Crippen LogP) is 2.95. The van der Waals surface area contributed by atoms with Gasteiger partial charge in [-0.2, -0.15) is 18.3 Å². The monoisotopic (exact) mass is 383 g/mol. The van der Waals surface area contributed by atoms with Crippen LogP contribution in [0.5, 0.6) is 0 Å². The van der Waals surface area contributed by atoms with Gasteiger partial charge in [0.15, 0.2) is 5.69 Å². The van der Waals surface area contributed by atoms with Crippen molar-refractivity contribution < 1.29 is 32.6 Å². The Bertz CT molecular complexity index is 859. The Morgan fingerprint density at radius 3 is 2.70 bits per heavy atom. The van der Waals surface area contributed by atoms with Crippen LogP contribution in [0.2, 0.25) is 0 Å². The number of ether oxygens (including phenoxy) is 1. The first-order chi connectivity index (χ1) is 12.8. The van der Waals surface area contributed by atoms with E-state index in [2.05, 4.69) is 10.4 Å². The molecule has 1 aliphatic rings. The zero-order valence-corrected chi connectivity index (χ0v) is 14.0. The lowest BCUT2D eigenvalue weighted by atomic mass is 10.2. The molecule has 1 aromatic carbocycles. The number of anilines is 1. The first-order valence-electron chi connectivity index (χ1n) is 8.12. The van der Waals surface area contributed by atoms with Crippen molar-refractivity contribution in [1.29, 1.82) is 0 Å². The van der Waals surface area contributed by atoms with Crippen LogP contribution >= 0.6 is 0 Å². The molecule has 3 rings (SSSR count). The summed E-state index contributed by atoms with van der Waals surface area (Å²) in [5, 5.41) is 15.0. The molecule has 1 aliphatic carbocycles. The maximum Gasteiger partial charge on any atom is 0.434 e. The molecular formula is C17H16F3N3O4. The highest BCUT2D eigenvalue weighted by atomic mass is 19.4. The Hall–Kier alpha value is -2.88. The summed E-state index contributed by atoms with van der Waals surface area (Å²) in [5.74, 6) is -1.66. The Labute approximate surface area is 151 Å². The van der Waals surface area contributed by atoms with Crippen LogP contribution in [0, 0.1) is 5.92 Å². The van der Waals surface area contributed by atoms with Crippen molar-refractivity contribution in [2.24, 2.45) is 5.92 Å². The number of hydrogen-bond acceptors (Lipinski definition) is 4. The summed E-state index contributed by atoms with van der Waals surface area (Å²) in [7, 11) is 0. The van der Waals surface area contributed by atoms with E-state index >= 15 is 0 Å². The summed E-state index contributed by atoms with van der Waals surface area (Å²) in [4.78, 5) is 22.9. The normalized spacial score (nSPS) is 14.2. The Morgan fingerprint density at radius 2 is 2.07 bits per heavy atom. The molecule has 1 aromatic heterocycles. The van der Waals surface area contributed by atoms with Gasteiger partial charge < -0.3 is 15.2 Å². The second kappa shape index (κ2) is 7.39. The third-order valence-corrected chi connectivity index (χ3v) is 3.93. The minimum Gasteiger partial charge on any atom is -0.478 e. The zero-order valence-electron chi connectivity index (χ0n) is 14.0. The summed E-state index contributed by atoms with van der Waals surface area (Å²) in [6.07, 6.45) is -2.09. The number of alkyl halides is 3. The van der Waals surface area contributed by atoms with Gasteiger partial charge in [0.25, 0.3) is 0 Å². The highest BCUT2D eigenvalue weighted by Gasteiger charge is 2.40. The molecule has 10 heteroatoms. The average Bonchev–Trinajstić information content (AvgIpc) is 3.28. The van der Waals surface area contributed by atoms with Gasteiger partial charge >= 0.3 is 12.1 Å². The summed E-state index contributed by atoms with van der Waals surface area (Å²) in [5.41, 5.74) is -2.14. The van der Waals surface area contributed by atoms with Crippen LogP contribution in [-0.4, -0.2) is 40.0 Å². The molecule has 1 fully saturated rings. The van der Waals surface area contributed by atoms with E-state index in [0.29, 0.717) is 23.4 Å². The smallest absolute Gasteiger partial charge is 0.434 e. The SMILES string of the molecule is O=C(COCC1CC1)Nc1cccc(-n2ncc(C(=O)O)c2C(F)(F)F)c1. The first-order valence-corrected chi connectivity index (χ1v) is 8.12. The van der Waals surface area contributed by atoms with Crippen LogP contribution in [0.25, 0.3) is 5.69 Å². The fraction of sp³-hybridized carbons (Fsp3) is 0.353. The number of nitrogens with one attached hydrogen (secondary N) is 1. The molecule has 0 radical (unpaired) electrons. The van der Waals surface area contributed by atoms with Gasteiger partial charge in [0, 0.05) is 5.69 Å². The molecule has 0 aliphatic heterocycles. The number of carboxylic acid groups (broad SMARTS) is 1. The van der Waals surface area contributed by atoms with E-state index < -0.39 is 29.3 Å². The summed E-state index contributed by atoms with van der Waals surface area (Å²) >= 11 is 0. The predicted molar refractivity (Wildman–Crippen MR) is 87.7 cm³/mol. The van der Waals surface area contributed by atoms with Crippen molar-refractivity contribution in [3.63, 3.8) is 0 Å². The third kappa shape index (κ3) is 4.64. The fourth-order valence-corrected chi connectivity index (χ4v) is 2.49. The van der Waals surface area contributed by atoms with Crippen molar-refractivity contribution in [1.82, 2.24) is 9.78 Å². The van der Waals surface area contributed by atoms with Crippen LogP contribution in [0.15, 0.2) is 30.5 Å². The number of halogens is 3. The molecule has 1 saturated carbocycles. The highest BCUT2D eigenvalue weighted by Crippen LogP contribution is 2.34. The number of hydrogen-bond donors (Lipinski definition) is 2.